The van der Waals surface area contributed by atoms with Crippen molar-refractivity contribution in [2.24, 2.45) is 0 Å². The zero-order chi connectivity index (χ0) is 16.7. The van der Waals surface area contributed by atoms with Crippen LogP contribution in [0.2, 0.25) is 5.02 Å². The molecule has 116 valence electrons. The Morgan fingerprint density at radius 3 is 2.30 bits per heavy atom. The van der Waals surface area contributed by atoms with Gasteiger partial charge in [0.05, 0.1) is 22.3 Å². The van der Waals surface area contributed by atoms with Crippen molar-refractivity contribution in [3.05, 3.63) is 88.6 Å². The summed E-state index contributed by atoms with van der Waals surface area (Å²) in [4.78, 5) is 23.2. The Bertz CT molecular complexity index is 767. The third-order valence-electron chi connectivity index (χ3n) is 2.94. The molecular formula is C18H13ClNO3-. The first-order valence-corrected chi connectivity index (χ1v) is 7.16. The highest BCUT2D eigenvalue weighted by atomic mass is 35.5. The summed E-state index contributed by atoms with van der Waals surface area (Å²) >= 11 is 5.91. The van der Waals surface area contributed by atoms with Crippen molar-refractivity contribution < 1.29 is 14.7 Å². The fourth-order valence-electron chi connectivity index (χ4n) is 1.82. The summed E-state index contributed by atoms with van der Waals surface area (Å²) in [6.07, 6.45) is 4.50. The molecule has 1 N–H and O–H groups in total. The van der Waals surface area contributed by atoms with Crippen LogP contribution in [0.3, 0.4) is 0 Å². The molecule has 0 heterocycles. The van der Waals surface area contributed by atoms with Gasteiger partial charge in [-0.15, -0.1) is 0 Å². The molecule has 0 aliphatic heterocycles. The first-order valence-electron chi connectivity index (χ1n) is 6.78. The third-order valence-corrected chi connectivity index (χ3v) is 3.27. The molecule has 0 unspecified atom stereocenters. The maximum atomic E-state index is 12.1. The van der Waals surface area contributed by atoms with E-state index in [4.69, 9.17) is 11.6 Å². The van der Waals surface area contributed by atoms with Crippen molar-refractivity contribution in [3.8, 4) is 0 Å². The maximum Gasteiger partial charge on any atom is 0.257 e. The van der Waals surface area contributed by atoms with Gasteiger partial charge in [0.25, 0.3) is 5.91 Å². The zero-order valence-corrected chi connectivity index (χ0v) is 12.8. The second-order valence-electron chi connectivity index (χ2n) is 4.57. The molecule has 0 atom stereocenters. The average Bonchev–Trinajstić information content (AvgIpc) is 2.55. The Kier molecular flexibility index (Phi) is 5.72. The second kappa shape index (κ2) is 7.96. The standard InChI is InChI=1S/C18H14ClNO3/c19-15-11-5-4-10-14(15)17(21)20-16(18(22)23)12-6-9-13-7-2-1-3-8-13/h1-12H,(H,20,21)(H,22,23)/p-1/b9-6+,16-12+. The number of carbonyl (C=O) groups excluding carboxylic acids is 2. The molecule has 0 spiro atoms. The molecule has 0 aromatic heterocycles. The predicted molar refractivity (Wildman–Crippen MR) is 87.5 cm³/mol. The van der Waals surface area contributed by atoms with E-state index in [1.807, 2.05) is 30.3 Å². The summed E-state index contributed by atoms with van der Waals surface area (Å²) in [6, 6.07) is 15.7. The lowest BCUT2D eigenvalue weighted by atomic mass is 10.2. The van der Waals surface area contributed by atoms with Gasteiger partial charge in [-0.25, -0.2) is 0 Å². The van der Waals surface area contributed by atoms with Gasteiger partial charge in [-0.05, 0) is 23.8 Å². The largest absolute Gasteiger partial charge is 0.543 e. The highest BCUT2D eigenvalue weighted by Crippen LogP contribution is 2.15. The summed E-state index contributed by atoms with van der Waals surface area (Å²) in [5.41, 5.74) is 0.745. The Balaban J connectivity index is 2.14. The number of benzene rings is 2. The molecule has 4 nitrogen and oxygen atoms in total. The Morgan fingerprint density at radius 2 is 1.65 bits per heavy atom. The number of rotatable bonds is 5. The number of hydrogen-bond donors (Lipinski definition) is 1. The molecule has 2 aromatic rings. The van der Waals surface area contributed by atoms with Gasteiger partial charge in [0, 0.05) is 0 Å². The number of allylic oxidation sites excluding steroid dienone is 2. The fraction of sp³-hybridized carbons (Fsp3) is 0. The first kappa shape index (κ1) is 16.5. The summed E-state index contributed by atoms with van der Waals surface area (Å²) in [5, 5.41) is 13.7. The quantitative estimate of drug-likeness (QED) is 0.677. The van der Waals surface area contributed by atoms with Crippen molar-refractivity contribution in [1.29, 1.82) is 0 Å². The van der Waals surface area contributed by atoms with Crippen LogP contribution in [0, 0.1) is 0 Å². The van der Waals surface area contributed by atoms with Crippen LogP contribution in [0.5, 0.6) is 0 Å². The van der Waals surface area contributed by atoms with Gasteiger partial charge in [0.1, 0.15) is 0 Å². The summed E-state index contributed by atoms with van der Waals surface area (Å²) in [5.74, 6) is -2.10. The number of amides is 1. The van der Waals surface area contributed by atoms with Crippen molar-refractivity contribution in [2.75, 3.05) is 0 Å². The molecule has 0 aliphatic carbocycles. The Hall–Kier alpha value is -2.85. The van der Waals surface area contributed by atoms with E-state index in [2.05, 4.69) is 5.32 Å². The van der Waals surface area contributed by atoms with E-state index < -0.39 is 11.9 Å². The molecule has 0 aliphatic rings. The SMILES string of the molecule is O=C([O-])/C(=C\C=C\c1ccccc1)NC(=O)c1ccccc1Cl. The summed E-state index contributed by atoms with van der Waals surface area (Å²) < 4.78 is 0. The van der Waals surface area contributed by atoms with E-state index >= 15 is 0 Å². The summed E-state index contributed by atoms with van der Waals surface area (Å²) in [7, 11) is 0. The number of hydrogen-bond acceptors (Lipinski definition) is 3. The Labute approximate surface area is 138 Å². The van der Waals surface area contributed by atoms with Crippen molar-refractivity contribution >= 4 is 29.6 Å². The van der Waals surface area contributed by atoms with E-state index in [0.717, 1.165) is 5.56 Å². The molecule has 0 fully saturated rings. The second-order valence-corrected chi connectivity index (χ2v) is 4.98. The number of carboxylic acids is 1. The average molecular weight is 327 g/mol. The topological polar surface area (TPSA) is 69.2 Å². The van der Waals surface area contributed by atoms with Crippen LogP contribution in [0.15, 0.2) is 72.4 Å². The third kappa shape index (κ3) is 4.83. The van der Waals surface area contributed by atoms with Gasteiger partial charge in [-0.3, -0.25) is 4.79 Å². The lowest BCUT2D eigenvalue weighted by Gasteiger charge is -2.10. The maximum absolute atomic E-state index is 12.1. The van der Waals surface area contributed by atoms with Crippen molar-refractivity contribution in [1.82, 2.24) is 5.32 Å². The van der Waals surface area contributed by atoms with E-state index in [9.17, 15) is 14.7 Å². The molecule has 2 rings (SSSR count). The number of carboxylic acid groups (broad SMARTS) is 1. The van der Waals surface area contributed by atoms with E-state index in [0.29, 0.717) is 0 Å². The minimum atomic E-state index is -1.48. The number of halogens is 1. The van der Waals surface area contributed by atoms with Crippen LogP contribution >= 0.6 is 11.6 Å². The van der Waals surface area contributed by atoms with Gasteiger partial charge >= 0.3 is 0 Å². The molecule has 2 aromatic carbocycles. The van der Waals surface area contributed by atoms with Gasteiger partial charge in [-0.2, -0.15) is 0 Å². The van der Waals surface area contributed by atoms with E-state index in [1.54, 1.807) is 24.3 Å². The number of nitrogens with one attached hydrogen (secondary N) is 1. The lowest BCUT2D eigenvalue weighted by molar-refractivity contribution is -0.299. The zero-order valence-electron chi connectivity index (χ0n) is 12.0. The molecule has 0 bridgehead atoms. The predicted octanol–water partition coefficient (Wildman–Crippen LogP) is 2.42. The van der Waals surface area contributed by atoms with Crippen LogP contribution in [-0.4, -0.2) is 11.9 Å². The molecule has 1 amide bonds. The molecule has 0 saturated heterocycles. The number of carbonyl (C=O) groups is 2. The molecule has 0 saturated carbocycles. The Morgan fingerprint density at radius 1 is 1.00 bits per heavy atom. The monoisotopic (exact) mass is 326 g/mol. The minimum Gasteiger partial charge on any atom is -0.543 e. The van der Waals surface area contributed by atoms with Crippen LogP contribution in [-0.2, 0) is 4.79 Å². The molecule has 0 radical (unpaired) electrons. The molecular weight excluding hydrogens is 314 g/mol. The lowest BCUT2D eigenvalue weighted by Crippen LogP contribution is -2.35. The van der Waals surface area contributed by atoms with Crippen LogP contribution in [0.1, 0.15) is 15.9 Å². The fourth-order valence-corrected chi connectivity index (χ4v) is 2.04. The smallest absolute Gasteiger partial charge is 0.257 e. The first-order chi connectivity index (χ1) is 11.1. The van der Waals surface area contributed by atoms with Gasteiger partial charge in [-0.1, -0.05) is 66.2 Å². The normalized spacial score (nSPS) is 11.4. The highest BCUT2D eigenvalue weighted by molar-refractivity contribution is 6.33. The van der Waals surface area contributed by atoms with Gasteiger partial charge in [0.15, 0.2) is 0 Å². The van der Waals surface area contributed by atoms with Crippen molar-refractivity contribution in [2.45, 2.75) is 0 Å². The van der Waals surface area contributed by atoms with E-state index in [-0.39, 0.29) is 16.3 Å². The molecule has 23 heavy (non-hydrogen) atoms. The minimum absolute atomic E-state index is 0.188. The van der Waals surface area contributed by atoms with Crippen LogP contribution in [0.4, 0.5) is 0 Å². The van der Waals surface area contributed by atoms with Gasteiger partial charge in [0.2, 0.25) is 0 Å². The van der Waals surface area contributed by atoms with Gasteiger partial charge < -0.3 is 15.2 Å². The number of aliphatic carboxylic acids is 1. The van der Waals surface area contributed by atoms with Crippen molar-refractivity contribution in [3.63, 3.8) is 0 Å². The van der Waals surface area contributed by atoms with Crippen LogP contribution in [0.25, 0.3) is 6.08 Å². The van der Waals surface area contributed by atoms with Crippen LogP contribution < -0.4 is 10.4 Å². The summed E-state index contributed by atoms with van der Waals surface area (Å²) in [6.45, 7) is 0. The molecule has 5 heteroatoms. The van der Waals surface area contributed by atoms with E-state index in [1.165, 1.54) is 18.2 Å². The highest BCUT2D eigenvalue weighted by Gasteiger charge is 2.11.